The van der Waals surface area contributed by atoms with Crippen molar-refractivity contribution in [3.63, 3.8) is 0 Å². The summed E-state index contributed by atoms with van der Waals surface area (Å²) in [7, 11) is 1.75. The van der Waals surface area contributed by atoms with E-state index in [0.29, 0.717) is 6.54 Å². The third-order valence-electron chi connectivity index (χ3n) is 6.60. The second-order valence-corrected chi connectivity index (χ2v) is 9.37. The van der Waals surface area contributed by atoms with Gasteiger partial charge in [0.15, 0.2) is 0 Å². The molecular formula is C29H35N5O2. The van der Waals surface area contributed by atoms with Crippen LogP contribution in [0.4, 0.5) is 10.5 Å². The Labute approximate surface area is 213 Å². The van der Waals surface area contributed by atoms with Gasteiger partial charge >= 0.3 is 6.03 Å². The van der Waals surface area contributed by atoms with Gasteiger partial charge in [-0.3, -0.25) is 9.69 Å². The van der Waals surface area contributed by atoms with Crippen LogP contribution in [0.2, 0.25) is 0 Å². The number of nitrogens with one attached hydrogen (secondary N) is 2. The van der Waals surface area contributed by atoms with Gasteiger partial charge in [0.1, 0.15) is 0 Å². The molecule has 4 rings (SSSR count). The highest BCUT2D eigenvalue weighted by molar-refractivity contribution is 5.89. The highest BCUT2D eigenvalue weighted by Gasteiger charge is 2.20. The lowest BCUT2D eigenvalue weighted by molar-refractivity contribution is -0.128. The minimum Gasteiger partial charge on any atom is -0.340 e. The maximum Gasteiger partial charge on any atom is 0.319 e. The highest BCUT2D eigenvalue weighted by atomic mass is 16.2. The molecule has 7 nitrogen and oxygen atoms in total. The summed E-state index contributed by atoms with van der Waals surface area (Å²) in [4.78, 5) is 28.4. The van der Waals surface area contributed by atoms with E-state index in [1.54, 1.807) is 11.9 Å². The topological polar surface area (TPSA) is 90.7 Å². The van der Waals surface area contributed by atoms with Gasteiger partial charge in [0.2, 0.25) is 5.91 Å². The van der Waals surface area contributed by atoms with Gasteiger partial charge in [-0.25, -0.2) is 4.79 Å². The Morgan fingerprint density at radius 2 is 1.61 bits per heavy atom. The second kappa shape index (κ2) is 12.3. The minimum absolute atomic E-state index is 0.00564. The normalized spacial score (nSPS) is 14.3. The van der Waals surface area contributed by atoms with Crippen LogP contribution in [0.25, 0.3) is 11.1 Å². The molecule has 0 bridgehead atoms. The lowest BCUT2D eigenvalue weighted by atomic mass is 10.0. The molecule has 1 aliphatic heterocycles. The number of piperidine rings is 1. The molecule has 0 aromatic heterocycles. The number of hydrogen-bond acceptors (Lipinski definition) is 4. The first kappa shape index (κ1) is 25.4. The highest BCUT2D eigenvalue weighted by Crippen LogP contribution is 2.23. The van der Waals surface area contributed by atoms with Gasteiger partial charge in [0, 0.05) is 45.0 Å². The molecule has 0 saturated carbocycles. The average molecular weight is 486 g/mol. The van der Waals surface area contributed by atoms with Gasteiger partial charge in [-0.05, 0) is 53.3 Å². The van der Waals surface area contributed by atoms with Crippen LogP contribution >= 0.6 is 0 Å². The monoisotopic (exact) mass is 485 g/mol. The fourth-order valence-corrected chi connectivity index (χ4v) is 4.54. The first-order valence-corrected chi connectivity index (χ1v) is 12.5. The molecule has 0 aliphatic carbocycles. The first-order chi connectivity index (χ1) is 17.5. The third-order valence-corrected chi connectivity index (χ3v) is 6.60. The van der Waals surface area contributed by atoms with Crippen LogP contribution in [0.15, 0.2) is 78.9 Å². The van der Waals surface area contributed by atoms with E-state index in [0.717, 1.165) is 54.9 Å². The molecular weight excluding hydrogens is 450 g/mol. The lowest BCUT2D eigenvalue weighted by Gasteiger charge is -2.32. The summed E-state index contributed by atoms with van der Waals surface area (Å²) in [6.07, 6.45) is 1.89. The van der Waals surface area contributed by atoms with Gasteiger partial charge in [0.05, 0.1) is 6.54 Å². The van der Waals surface area contributed by atoms with E-state index in [1.807, 2.05) is 48.5 Å². The van der Waals surface area contributed by atoms with Crippen LogP contribution in [0.1, 0.15) is 24.0 Å². The molecule has 1 saturated heterocycles. The third kappa shape index (κ3) is 7.16. The number of rotatable bonds is 8. The lowest BCUT2D eigenvalue weighted by Crippen LogP contribution is -2.45. The van der Waals surface area contributed by atoms with Crippen LogP contribution in [0, 0.1) is 0 Å². The van der Waals surface area contributed by atoms with Crippen molar-refractivity contribution in [2.24, 2.45) is 5.73 Å². The van der Waals surface area contributed by atoms with Crippen molar-refractivity contribution in [3.8, 4) is 11.1 Å². The summed E-state index contributed by atoms with van der Waals surface area (Å²) in [5.74, 6) is -0.0909. The van der Waals surface area contributed by atoms with Crippen molar-refractivity contribution >= 4 is 17.6 Å². The Hall–Kier alpha value is -3.68. The van der Waals surface area contributed by atoms with E-state index >= 15 is 0 Å². The minimum atomic E-state index is -0.168. The maximum absolute atomic E-state index is 12.6. The van der Waals surface area contributed by atoms with Crippen LogP contribution in [0.5, 0.6) is 0 Å². The number of carbonyl (C=O) groups is 2. The number of likely N-dealkylation sites (N-methyl/N-ethyl adjacent to an activating group) is 1. The average Bonchev–Trinajstić information content (AvgIpc) is 2.90. The molecule has 188 valence electrons. The van der Waals surface area contributed by atoms with E-state index in [1.165, 1.54) is 5.56 Å². The van der Waals surface area contributed by atoms with Crippen molar-refractivity contribution in [3.05, 3.63) is 90.0 Å². The number of amides is 3. The quantitative estimate of drug-likeness (QED) is 0.449. The number of hydrogen-bond donors (Lipinski definition) is 3. The molecule has 36 heavy (non-hydrogen) atoms. The zero-order chi connectivity index (χ0) is 25.3. The summed E-state index contributed by atoms with van der Waals surface area (Å²) in [6, 6.07) is 26.4. The van der Waals surface area contributed by atoms with Crippen LogP contribution < -0.4 is 16.4 Å². The molecule has 1 fully saturated rings. The molecule has 3 aromatic rings. The number of anilines is 1. The number of benzene rings is 3. The fourth-order valence-electron chi connectivity index (χ4n) is 4.54. The first-order valence-electron chi connectivity index (χ1n) is 12.5. The number of urea groups is 1. The molecule has 1 aliphatic rings. The molecule has 0 unspecified atom stereocenters. The van der Waals surface area contributed by atoms with Crippen LogP contribution in [0.3, 0.4) is 0 Å². The van der Waals surface area contributed by atoms with E-state index in [-0.39, 0.29) is 24.5 Å². The summed E-state index contributed by atoms with van der Waals surface area (Å²) in [5, 5.41) is 6.08. The summed E-state index contributed by atoms with van der Waals surface area (Å²) >= 11 is 0. The van der Waals surface area contributed by atoms with Gasteiger partial charge in [-0.2, -0.15) is 0 Å². The summed E-state index contributed by atoms with van der Waals surface area (Å²) in [6.45, 7) is 3.42. The zero-order valence-corrected chi connectivity index (χ0v) is 20.8. The molecule has 4 N–H and O–H groups in total. The SMILES string of the molecule is CN(Cc1cccc(-c2ccc(NC(=O)NC3CCN(Cc4ccccc4)CC3)cc2)c1)C(=O)CN. The smallest absolute Gasteiger partial charge is 0.319 e. The Morgan fingerprint density at radius 3 is 2.31 bits per heavy atom. The molecule has 7 heteroatoms. The molecule has 0 atom stereocenters. The Bertz CT molecular complexity index is 1140. The van der Waals surface area contributed by atoms with Crippen molar-refractivity contribution < 1.29 is 9.59 Å². The molecule has 3 aromatic carbocycles. The Balaban J connectivity index is 1.25. The predicted molar refractivity (Wildman–Crippen MR) is 144 cm³/mol. The van der Waals surface area contributed by atoms with Gasteiger partial charge < -0.3 is 21.3 Å². The molecule has 0 spiro atoms. The van der Waals surface area contributed by atoms with Crippen molar-refractivity contribution in [2.75, 3.05) is 32.0 Å². The number of nitrogens with zero attached hydrogens (tertiary/aromatic N) is 2. The zero-order valence-electron chi connectivity index (χ0n) is 20.8. The Kier molecular flexibility index (Phi) is 8.71. The number of likely N-dealkylation sites (tertiary alicyclic amines) is 1. The van der Waals surface area contributed by atoms with Gasteiger partial charge in [-0.15, -0.1) is 0 Å². The van der Waals surface area contributed by atoms with E-state index in [4.69, 9.17) is 5.73 Å². The van der Waals surface area contributed by atoms with Crippen molar-refractivity contribution in [1.82, 2.24) is 15.1 Å². The van der Waals surface area contributed by atoms with E-state index in [2.05, 4.69) is 45.9 Å². The molecule has 1 heterocycles. The van der Waals surface area contributed by atoms with Gasteiger partial charge in [0.25, 0.3) is 0 Å². The summed E-state index contributed by atoms with van der Waals surface area (Å²) in [5.41, 5.74) is 10.7. The molecule has 3 amide bonds. The number of nitrogens with two attached hydrogens (primary N) is 1. The predicted octanol–water partition coefficient (Wildman–Crippen LogP) is 4.06. The molecule has 0 radical (unpaired) electrons. The number of carbonyl (C=O) groups excluding carboxylic acids is 2. The Morgan fingerprint density at radius 1 is 0.917 bits per heavy atom. The maximum atomic E-state index is 12.6. The van der Waals surface area contributed by atoms with Crippen LogP contribution in [-0.2, 0) is 17.9 Å². The van der Waals surface area contributed by atoms with E-state index < -0.39 is 0 Å². The van der Waals surface area contributed by atoms with E-state index in [9.17, 15) is 9.59 Å². The second-order valence-electron chi connectivity index (χ2n) is 9.37. The van der Waals surface area contributed by atoms with Crippen LogP contribution in [-0.4, -0.2) is 54.5 Å². The van der Waals surface area contributed by atoms with Crippen molar-refractivity contribution in [2.45, 2.75) is 32.0 Å². The largest absolute Gasteiger partial charge is 0.340 e. The fraction of sp³-hybridized carbons (Fsp3) is 0.310. The van der Waals surface area contributed by atoms with Gasteiger partial charge in [-0.1, -0.05) is 60.7 Å². The van der Waals surface area contributed by atoms with Crippen molar-refractivity contribution in [1.29, 1.82) is 0 Å². The standard InChI is InChI=1S/C29H35N5O2/c1-33(28(35)19-30)20-23-8-5-9-25(18-23)24-10-12-26(13-11-24)31-29(36)32-27-14-16-34(17-15-27)21-22-6-3-2-4-7-22/h2-13,18,27H,14-17,19-21,30H2,1H3,(H2,31,32,36). The summed E-state index contributed by atoms with van der Waals surface area (Å²) < 4.78 is 0.